The average Bonchev–Trinajstić information content (AvgIpc) is 2.61. The zero-order chi connectivity index (χ0) is 13.8. The molecule has 0 aliphatic heterocycles. The largest absolute Gasteiger partial charge is 0.481 e. The van der Waals surface area contributed by atoms with Gasteiger partial charge in [0.15, 0.2) is 0 Å². The predicted molar refractivity (Wildman–Crippen MR) is 67.4 cm³/mol. The summed E-state index contributed by atoms with van der Waals surface area (Å²) in [5.41, 5.74) is -0.919. The standard InChI is InChI=1S/C13H23NO4/c1-12(2,3)18-11(17)14-13(7-4-5-8-13)9-6-10(15)16/h4-9H2,1-3H3,(H,14,17)(H,15,16). The minimum Gasteiger partial charge on any atom is -0.481 e. The Morgan fingerprint density at radius 1 is 1.28 bits per heavy atom. The third-order valence-electron chi connectivity index (χ3n) is 3.14. The van der Waals surface area contributed by atoms with Crippen LogP contribution in [0, 0.1) is 0 Å². The van der Waals surface area contributed by atoms with Crippen LogP contribution in [0.5, 0.6) is 0 Å². The van der Waals surface area contributed by atoms with E-state index >= 15 is 0 Å². The lowest BCUT2D eigenvalue weighted by atomic mass is 9.91. The Morgan fingerprint density at radius 2 is 1.83 bits per heavy atom. The predicted octanol–water partition coefficient (Wildman–Crippen LogP) is 2.69. The Balaban J connectivity index is 2.57. The van der Waals surface area contributed by atoms with Crippen molar-refractivity contribution in [1.29, 1.82) is 0 Å². The molecule has 104 valence electrons. The molecule has 0 saturated heterocycles. The highest BCUT2D eigenvalue weighted by Crippen LogP contribution is 2.33. The summed E-state index contributed by atoms with van der Waals surface area (Å²) in [6.07, 6.45) is 3.82. The Morgan fingerprint density at radius 3 is 2.28 bits per heavy atom. The topological polar surface area (TPSA) is 75.6 Å². The third kappa shape index (κ3) is 4.94. The van der Waals surface area contributed by atoms with Gasteiger partial charge in [-0.15, -0.1) is 0 Å². The lowest BCUT2D eigenvalue weighted by molar-refractivity contribution is -0.137. The number of rotatable bonds is 4. The normalized spacial score (nSPS) is 18.4. The van der Waals surface area contributed by atoms with Crippen LogP contribution in [0.4, 0.5) is 4.79 Å². The van der Waals surface area contributed by atoms with Gasteiger partial charge in [-0.2, -0.15) is 0 Å². The first-order chi connectivity index (χ1) is 8.22. The molecule has 0 heterocycles. The van der Waals surface area contributed by atoms with Crippen LogP contribution in [0.3, 0.4) is 0 Å². The summed E-state index contributed by atoms with van der Waals surface area (Å²) in [4.78, 5) is 22.5. The quantitative estimate of drug-likeness (QED) is 0.812. The number of alkyl carbamates (subject to hydrolysis) is 1. The first kappa shape index (κ1) is 14.8. The second kappa shape index (κ2) is 5.59. The molecule has 1 fully saturated rings. The van der Waals surface area contributed by atoms with Crippen molar-refractivity contribution in [2.75, 3.05) is 0 Å². The molecule has 0 aromatic rings. The molecule has 2 N–H and O–H groups in total. The van der Waals surface area contributed by atoms with Gasteiger partial charge in [-0.05, 0) is 40.0 Å². The number of amides is 1. The molecular weight excluding hydrogens is 234 g/mol. The summed E-state index contributed by atoms with van der Waals surface area (Å²) in [6.45, 7) is 5.43. The Kier molecular flexibility index (Phi) is 4.59. The van der Waals surface area contributed by atoms with Crippen LogP contribution in [0.25, 0.3) is 0 Å². The number of hydrogen-bond acceptors (Lipinski definition) is 3. The first-order valence-corrected chi connectivity index (χ1v) is 6.45. The second-order valence-corrected chi connectivity index (χ2v) is 6.01. The van der Waals surface area contributed by atoms with Crippen molar-refractivity contribution in [3.63, 3.8) is 0 Å². The van der Waals surface area contributed by atoms with Crippen LogP contribution < -0.4 is 5.32 Å². The summed E-state index contributed by atoms with van der Waals surface area (Å²) in [7, 11) is 0. The maximum atomic E-state index is 11.8. The van der Waals surface area contributed by atoms with E-state index in [1.54, 1.807) is 0 Å². The maximum Gasteiger partial charge on any atom is 0.408 e. The van der Waals surface area contributed by atoms with Gasteiger partial charge >= 0.3 is 12.1 Å². The smallest absolute Gasteiger partial charge is 0.408 e. The Bertz CT molecular complexity index is 313. The number of aliphatic carboxylic acids is 1. The fourth-order valence-electron chi connectivity index (χ4n) is 2.36. The SMILES string of the molecule is CC(C)(C)OC(=O)NC1(CCC(=O)O)CCCC1. The van der Waals surface area contributed by atoms with Crippen LogP contribution in [0.2, 0.25) is 0 Å². The molecule has 18 heavy (non-hydrogen) atoms. The van der Waals surface area contributed by atoms with E-state index < -0.39 is 17.7 Å². The first-order valence-electron chi connectivity index (χ1n) is 6.45. The van der Waals surface area contributed by atoms with Gasteiger partial charge in [0.2, 0.25) is 0 Å². The van der Waals surface area contributed by atoms with E-state index in [9.17, 15) is 9.59 Å². The highest BCUT2D eigenvalue weighted by Gasteiger charge is 2.36. The molecule has 0 aromatic carbocycles. The van der Waals surface area contributed by atoms with Gasteiger partial charge in [-0.3, -0.25) is 4.79 Å². The van der Waals surface area contributed by atoms with Gasteiger partial charge in [0.05, 0.1) is 0 Å². The van der Waals surface area contributed by atoms with Crippen LogP contribution in [-0.4, -0.2) is 28.3 Å². The van der Waals surface area contributed by atoms with Crippen molar-refractivity contribution in [2.24, 2.45) is 0 Å². The molecule has 1 aliphatic rings. The molecule has 0 spiro atoms. The maximum absolute atomic E-state index is 11.8. The van der Waals surface area contributed by atoms with Crippen molar-refractivity contribution in [2.45, 2.75) is 70.4 Å². The number of nitrogens with one attached hydrogen (secondary N) is 1. The highest BCUT2D eigenvalue weighted by atomic mass is 16.6. The van der Waals surface area contributed by atoms with Crippen molar-refractivity contribution >= 4 is 12.1 Å². The van der Waals surface area contributed by atoms with Crippen LogP contribution in [0.1, 0.15) is 59.3 Å². The molecule has 5 heteroatoms. The molecular formula is C13H23NO4. The fourth-order valence-corrected chi connectivity index (χ4v) is 2.36. The second-order valence-electron chi connectivity index (χ2n) is 6.01. The number of ether oxygens (including phenoxy) is 1. The molecule has 0 bridgehead atoms. The monoisotopic (exact) mass is 257 g/mol. The van der Waals surface area contributed by atoms with Crippen molar-refractivity contribution in [1.82, 2.24) is 5.32 Å². The van der Waals surface area contributed by atoms with E-state index in [1.807, 2.05) is 20.8 Å². The van der Waals surface area contributed by atoms with Gasteiger partial charge in [0.1, 0.15) is 5.60 Å². The number of carbonyl (C=O) groups excluding carboxylic acids is 1. The third-order valence-corrected chi connectivity index (χ3v) is 3.14. The van der Waals surface area contributed by atoms with Crippen molar-refractivity contribution in [3.8, 4) is 0 Å². The van der Waals surface area contributed by atoms with E-state index in [4.69, 9.17) is 9.84 Å². The number of carboxylic acid groups (broad SMARTS) is 1. The summed E-state index contributed by atoms with van der Waals surface area (Å²) in [5.74, 6) is -0.827. The van der Waals surface area contributed by atoms with E-state index in [0.29, 0.717) is 6.42 Å². The summed E-state index contributed by atoms with van der Waals surface area (Å²) in [5, 5.41) is 11.6. The van der Waals surface area contributed by atoms with Crippen LogP contribution >= 0.6 is 0 Å². The molecule has 0 atom stereocenters. The zero-order valence-corrected chi connectivity index (χ0v) is 11.4. The summed E-state index contributed by atoms with van der Waals surface area (Å²) >= 11 is 0. The minimum atomic E-state index is -0.827. The zero-order valence-electron chi connectivity index (χ0n) is 11.4. The molecule has 1 aliphatic carbocycles. The van der Waals surface area contributed by atoms with Gasteiger partial charge in [0, 0.05) is 12.0 Å². The molecule has 1 saturated carbocycles. The lowest BCUT2D eigenvalue weighted by Gasteiger charge is -2.31. The Hall–Kier alpha value is -1.26. The Labute approximate surface area is 108 Å². The van der Waals surface area contributed by atoms with Gasteiger partial charge in [-0.25, -0.2) is 4.79 Å². The molecule has 1 rings (SSSR count). The summed E-state index contributed by atoms with van der Waals surface area (Å²) < 4.78 is 5.23. The molecule has 0 radical (unpaired) electrons. The van der Waals surface area contributed by atoms with Gasteiger partial charge < -0.3 is 15.2 Å². The lowest BCUT2D eigenvalue weighted by Crippen LogP contribution is -2.48. The number of carboxylic acids is 1. The minimum absolute atomic E-state index is 0.0792. The number of hydrogen-bond donors (Lipinski definition) is 2. The average molecular weight is 257 g/mol. The van der Waals surface area contributed by atoms with E-state index in [1.165, 1.54) is 0 Å². The molecule has 5 nitrogen and oxygen atoms in total. The molecule has 0 unspecified atom stereocenters. The van der Waals surface area contributed by atoms with Crippen LogP contribution in [-0.2, 0) is 9.53 Å². The van der Waals surface area contributed by atoms with Crippen molar-refractivity contribution < 1.29 is 19.4 Å². The van der Waals surface area contributed by atoms with E-state index in [2.05, 4.69) is 5.32 Å². The highest BCUT2D eigenvalue weighted by molar-refractivity contribution is 5.70. The van der Waals surface area contributed by atoms with Crippen LogP contribution in [0.15, 0.2) is 0 Å². The fraction of sp³-hybridized carbons (Fsp3) is 0.846. The molecule has 1 amide bonds. The molecule has 0 aromatic heterocycles. The van der Waals surface area contributed by atoms with Gasteiger partial charge in [0.25, 0.3) is 0 Å². The summed E-state index contributed by atoms with van der Waals surface area (Å²) in [6, 6.07) is 0. The van der Waals surface area contributed by atoms with E-state index in [0.717, 1.165) is 25.7 Å². The number of carbonyl (C=O) groups is 2. The van der Waals surface area contributed by atoms with E-state index in [-0.39, 0.29) is 12.0 Å². The van der Waals surface area contributed by atoms with Crippen molar-refractivity contribution in [3.05, 3.63) is 0 Å². The van der Waals surface area contributed by atoms with Gasteiger partial charge in [-0.1, -0.05) is 12.8 Å².